The third kappa shape index (κ3) is 4.89. The Balaban J connectivity index is 1.56. The lowest BCUT2D eigenvalue weighted by Gasteiger charge is -2.31. The van der Waals surface area contributed by atoms with Crippen LogP contribution < -0.4 is 0 Å². The van der Waals surface area contributed by atoms with Gasteiger partial charge in [-0.25, -0.2) is 0 Å². The number of amides is 2. The van der Waals surface area contributed by atoms with E-state index in [1.807, 2.05) is 13.8 Å². The van der Waals surface area contributed by atoms with E-state index in [1.54, 1.807) is 30.3 Å². The van der Waals surface area contributed by atoms with Crippen LogP contribution in [0.3, 0.4) is 0 Å². The van der Waals surface area contributed by atoms with E-state index in [0.29, 0.717) is 28.9 Å². The van der Waals surface area contributed by atoms with Crippen molar-refractivity contribution in [3.63, 3.8) is 0 Å². The fraction of sp³-hybridized carbons (Fsp3) is 0.308. The molecule has 180 valence electrons. The molecule has 0 saturated heterocycles. The van der Waals surface area contributed by atoms with Crippen LogP contribution >= 0.6 is 0 Å². The van der Waals surface area contributed by atoms with Crippen molar-refractivity contribution in [2.45, 2.75) is 39.5 Å². The molecule has 1 N–H and O–H groups in total. The third-order valence-corrected chi connectivity index (χ3v) is 6.12. The highest BCUT2D eigenvalue weighted by atomic mass is 16.6. The van der Waals surface area contributed by atoms with Crippen molar-refractivity contribution in [3.05, 3.63) is 81.1 Å². The number of rotatable bonds is 6. The van der Waals surface area contributed by atoms with Crippen molar-refractivity contribution in [2.24, 2.45) is 10.4 Å². The van der Waals surface area contributed by atoms with E-state index in [2.05, 4.69) is 4.99 Å². The molecule has 2 aromatic rings. The first-order valence-corrected chi connectivity index (χ1v) is 11.3. The number of non-ortho nitro benzene ring substituents is 1. The number of hydrogen-bond acceptors (Lipinski definition) is 7. The zero-order valence-electron chi connectivity index (χ0n) is 19.5. The van der Waals surface area contributed by atoms with Gasteiger partial charge in [-0.3, -0.25) is 34.4 Å². The summed E-state index contributed by atoms with van der Waals surface area (Å²) in [5, 5.41) is 22.0. The van der Waals surface area contributed by atoms with Gasteiger partial charge in [0.1, 0.15) is 5.76 Å². The molecule has 0 aromatic heterocycles. The maximum atomic E-state index is 13.0. The molecule has 4 rings (SSSR count). The predicted octanol–water partition coefficient (Wildman–Crippen LogP) is 4.94. The monoisotopic (exact) mass is 475 g/mol. The van der Waals surface area contributed by atoms with Crippen LogP contribution in [0.4, 0.5) is 11.4 Å². The number of aliphatic imine (C=N–C) groups is 1. The lowest BCUT2D eigenvalue weighted by atomic mass is 9.73. The van der Waals surface area contributed by atoms with Crippen molar-refractivity contribution in [2.75, 3.05) is 6.54 Å². The molecule has 1 saturated carbocycles. The van der Waals surface area contributed by atoms with Gasteiger partial charge in [-0.05, 0) is 36.5 Å². The number of carbonyl (C=O) groups excluding carboxylic acids is 3. The van der Waals surface area contributed by atoms with Gasteiger partial charge in [0.15, 0.2) is 5.78 Å². The smallest absolute Gasteiger partial charge is 0.271 e. The Morgan fingerprint density at radius 1 is 1.06 bits per heavy atom. The van der Waals surface area contributed by atoms with Crippen LogP contribution in [0.15, 0.2) is 64.9 Å². The molecule has 0 atom stereocenters. The Morgan fingerprint density at radius 2 is 1.71 bits per heavy atom. The molecule has 0 unspecified atom stereocenters. The number of nitro benzene ring substituents is 1. The number of hydrogen-bond donors (Lipinski definition) is 1. The summed E-state index contributed by atoms with van der Waals surface area (Å²) in [5.74, 6) is -1.17. The lowest BCUT2D eigenvalue weighted by Crippen LogP contribution is -2.33. The molecule has 35 heavy (non-hydrogen) atoms. The maximum absolute atomic E-state index is 13.0. The largest absolute Gasteiger partial charge is 0.511 e. The molecule has 9 heteroatoms. The van der Waals surface area contributed by atoms with Gasteiger partial charge in [0.05, 0.1) is 33.0 Å². The number of carbonyl (C=O) groups is 3. The molecule has 2 aromatic carbocycles. The van der Waals surface area contributed by atoms with Crippen molar-refractivity contribution in [1.82, 2.24) is 4.90 Å². The first kappa shape index (κ1) is 24.0. The number of imide groups is 1. The first-order valence-electron chi connectivity index (χ1n) is 11.3. The van der Waals surface area contributed by atoms with E-state index in [4.69, 9.17) is 0 Å². The highest BCUT2D eigenvalue weighted by Gasteiger charge is 2.37. The van der Waals surface area contributed by atoms with E-state index in [1.165, 1.54) is 18.2 Å². The molecule has 9 nitrogen and oxygen atoms in total. The van der Waals surface area contributed by atoms with Crippen molar-refractivity contribution < 1.29 is 24.4 Å². The van der Waals surface area contributed by atoms with Gasteiger partial charge in [0.2, 0.25) is 0 Å². The summed E-state index contributed by atoms with van der Waals surface area (Å²) in [6.07, 6.45) is 0.961. The summed E-state index contributed by atoms with van der Waals surface area (Å²) in [6, 6.07) is 12.4. The number of aliphatic hydroxyl groups is 1. The Morgan fingerprint density at radius 3 is 2.34 bits per heavy atom. The van der Waals surface area contributed by atoms with E-state index in [-0.39, 0.29) is 65.8 Å². The number of ketones is 1. The average molecular weight is 476 g/mol. The van der Waals surface area contributed by atoms with E-state index < -0.39 is 4.92 Å². The fourth-order valence-corrected chi connectivity index (χ4v) is 4.51. The number of allylic oxidation sites excluding steroid dienone is 2. The van der Waals surface area contributed by atoms with Crippen LogP contribution in [-0.2, 0) is 4.79 Å². The minimum Gasteiger partial charge on any atom is -0.511 e. The predicted molar refractivity (Wildman–Crippen MR) is 129 cm³/mol. The average Bonchev–Trinajstić information content (AvgIpc) is 3.03. The quantitative estimate of drug-likeness (QED) is 0.207. The second-order valence-corrected chi connectivity index (χ2v) is 9.51. The maximum Gasteiger partial charge on any atom is 0.271 e. The summed E-state index contributed by atoms with van der Waals surface area (Å²) in [7, 11) is 0. The van der Waals surface area contributed by atoms with Crippen LogP contribution in [-0.4, -0.2) is 44.8 Å². The van der Waals surface area contributed by atoms with Crippen molar-refractivity contribution >= 4 is 34.7 Å². The Hall–Kier alpha value is -4.14. The summed E-state index contributed by atoms with van der Waals surface area (Å²) >= 11 is 0. The van der Waals surface area contributed by atoms with Gasteiger partial charge in [-0.2, -0.15) is 0 Å². The van der Waals surface area contributed by atoms with Crippen LogP contribution in [0.25, 0.3) is 0 Å². The topological polar surface area (TPSA) is 130 Å². The molecule has 2 amide bonds. The number of nitrogens with zero attached hydrogens (tertiary/aromatic N) is 3. The van der Waals surface area contributed by atoms with Crippen LogP contribution in [0.2, 0.25) is 0 Å². The summed E-state index contributed by atoms with van der Waals surface area (Å²) < 4.78 is 0. The van der Waals surface area contributed by atoms with Crippen molar-refractivity contribution in [3.8, 4) is 0 Å². The van der Waals surface area contributed by atoms with Gasteiger partial charge in [-0.1, -0.05) is 32.0 Å². The van der Waals surface area contributed by atoms with Gasteiger partial charge in [-0.15, -0.1) is 0 Å². The van der Waals surface area contributed by atoms with Gasteiger partial charge < -0.3 is 5.11 Å². The summed E-state index contributed by atoms with van der Waals surface area (Å²) in [5.41, 5.74) is 0.996. The van der Waals surface area contributed by atoms with Crippen LogP contribution in [0.5, 0.6) is 0 Å². The third-order valence-electron chi connectivity index (χ3n) is 6.12. The standard InChI is InChI=1S/C26H25N3O6/c1-26(2)14-20(27-16-7-5-8-17(13-16)29(34)35)23(22(31)15-26)21(30)11-6-12-28-24(32)18-9-3-4-10-19(18)25(28)33/h3-5,7-10,13,30H,6,11-12,14-15H2,1-2H3. The van der Waals surface area contributed by atoms with Crippen LogP contribution in [0, 0.1) is 15.5 Å². The Labute approximate surface area is 201 Å². The number of aliphatic hydroxyl groups excluding tert-OH is 1. The molecule has 2 aliphatic rings. The molecule has 1 aliphatic heterocycles. The summed E-state index contributed by atoms with van der Waals surface area (Å²) in [4.78, 5) is 54.3. The lowest BCUT2D eigenvalue weighted by molar-refractivity contribution is -0.384. The van der Waals surface area contributed by atoms with Gasteiger partial charge >= 0.3 is 0 Å². The number of Topliss-reactive ketones (excluding diaryl/α,β-unsaturated/α-hetero) is 1. The number of benzene rings is 2. The normalized spacial score (nSPS) is 19.8. The highest BCUT2D eigenvalue weighted by Crippen LogP contribution is 2.37. The molecule has 0 radical (unpaired) electrons. The van der Waals surface area contributed by atoms with Crippen molar-refractivity contribution in [1.29, 1.82) is 0 Å². The highest BCUT2D eigenvalue weighted by molar-refractivity contribution is 6.25. The molecule has 0 bridgehead atoms. The second kappa shape index (κ2) is 9.25. The van der Waals surface area contributed by atoms with E-state index in [0.717, 1.165) is 4.90 Å². The Kier molecular flexibility index (Phi) is 6.34. The summed E-state index contributed by atoms with van der Waals surface area (Å²) in [6.45, 7) is 3.94. The number of nitro groups is 1. The zero-order chi connectivity index (χ0) is 25.3. The molecule has 0 spiro atoms. The van der Waals surface area contributed by atoms with E-state index in [9.17, 15) is 29.6 Å². The number of fused-ring (bicyclic) bond motifs is 1. The molecular formula is C26H25N3O6. The Bertz CT molecular complexity index is 1270. The first-order chi connectivity index (χ1) is 16.6. The van der Waals surface area contributed by atoms with Gasteiger partial charge in [0, 0.05) is 31.5 Å². The van der Waals surface area contributed by atoms with Gasteiger partial charge in [0.25, 0.3) is 17.5 Å². The fourth-order valence-electron chi connectivity index (χ4n) is 4.51. The van der Waals surface area contributed by atoms with E-state index >= 15 is 0 Å². The molecular weight excluding hydrogens is 450 g/mol. The SMILES string of the molecule is CC1(C)CC(=O)C(=C(O)CCCN2C(=O)c3ccccc3C2=O)C(=Nc2cccc([N+](=O)[O-])c2)C1. The zero-order valence-corrected chi connectivity index (χ0v) is 19.5. The molecule has 1 heterocycles. The molecule has 1 fully saturated rings. The second-order valence-electron chi connectivity index (χ2n) is 9.51. The van der Waals surface area contributed by atoms with Crippen LogP contribution in [0.1, 0.15) is 60.2 Å². The molecule has 1 aliphatic carbocycles. The minimum atomic E-state index is -0.521. The minimum absolute atomic E-state index is 0.0723.